The Morgan fingerprint density at radius 1 is 1.17 bits per heavy atom. The van der Waals surface area contributed by atoms with E-state index >= 15 is 0 Å². The largest absolute Gasteiger partial charge is 0.330 e. The summed E-state index contributed by atoms with van der Waals surface area (Å²) < 4.78 is 0. The van der Waals surface area contributed by atoms with Crippen molar-refractivity contribution in [2.24, 2.45) is 11.7 Å². The van der Waals surface area contributed by atoms with Gasteiger partial charge in [-0.25, -0.2) is 0 Å². The van der Waals surface area contributed by atoms with E-state index in [1.807, 2.05) is 12.3 Å². The highest BCUT2D eigenvalue weighted by Gasteiger charge is 2.34. The number of aromatic nitrogens is 1. The molecular formula is C15H23N3. The van der Waals surface area contributed by atoms with Gasteiger partial charge in [0.25, 0.3) is 0 Å². The van der Waals surface area contributed by atoms with Gasteiger partial charge >= 0.3 is 0 Å². The third-order valence-electron chi connectivity index (χ3n) is 4.64. The van der Waals surface area contributed by atoms with E-state index in [0.717, 1.165) is 18.5 Å². The lowest BCUT2D eigenvalue weighted by Crippen LogP contribution is -2.55. The van der Waals surface area contributed by atoms with Crippen LogP contribution in [0.5, 0.6) is 0 Å². The summed E-state index contributed by atoms with van der Waals surface area (Å²) in [7, 11) is 0. The molecule has 1 aliphatic carbocycles. The van der Waals surface area contributed by atoms with Crippen molar-refractivity contribution >= 4 is 0 Å². The molecule has 2 N–H and O–H groups in total. The quantitative estimate of drug-likeness (QED) is 0.885. The Bertz CT molecular complexity index is 365. The van der Waals surface area contributed by atoms with Crippen LogP contribution in [0.25, 0.3) is 0 Å². The first-order chi connectivity index (χ1) is 8.86. The zero-order valence-corrected chi connectivity index (χ0v) is 11.0. The van der Waals surface area contributed by atoms with E-state index in [1.54, 1.807) is 0 Å². The van der Waals surface area contributed by atoms with Gasteiger partial charge in [-0.2, -0.15) is 0 Å². The maximum atomic E-state index is 5.69. The number of nitrogens with two attached hydrogens (primary N) is 1. The maximum Gasteiger partial charge on any atom is 0.0434 e. The van der Waals surface area contributed by atoms with Gasteiger partial charge in [0.15, 0.2) is 0 Å². The lowest BCUT2D eigenvalue weighted by atomic mass is 9.81. The molecule has 18 heavy (non-hydrogen) atoms. The Kier molecular flexibility index (Phi) is 3.62. The van der Waals surface area contributed by atoms with Crippen molar-refractivity contribution in [2.75, 3.05) is 19.6 Å². The molecule has 3 rings (SSSR count). The first-order valence-corrected chi connectivity index (χ1v) is 7.22. The van der Waals surface area contributed by atoms with Crippen molar-refractivity contribution in [3.63, 3.8) is 0 Å². The highest BCUT2D eigenvalue weighted by atomic mass is 15.2. The number of pyridine rings is 1. The summed E-state index contributed by atoms with van der Waals surface area (Å²) in [5, 5.41) is 0. The average molecular weight is 245 g/mol. The fraction of sp³-hybridized carbons (Fsp3) is 0.667. The minimum absolute atomic E-state index is 0.689. The molecule has 2 heterocycles. The van der Waals surface area contributed by atoms with Crippen LogP contribution < -0.4 is 5.73 Å². The topological polar surface area (TPSA) is 42.1 Å². The first-order valence-electron chi connectivity index (χ1n) is 7.22. The molecular weight excluding hydrogens is 222 g/mol. The third kappa shape index (κ3) is 2.43. The van der Waals surface area contributed by atoms with Gasteiger partial charge in [-0.05, 0) is 50.3 Å². The third-order valence-corrected chi connectivity index (χ3v) is 4.64. The first kappa shape index (κ1) is 12.1. The number of likely N-dealkylation sites (tertiary alicyclic amines) is 1. The summed E-state index contributed by atoms with van der Waals surface area (Å²) in [6.45, 7) is 3.32. The van der Waals surface area contributed by atoms with Gasteiger partial charge in [-0.1, -0.05) is 6.07 Å². The zero-order valence-electron chi connectivity index (χ0n) is 11.0. The molecule has 2 aliphatic rings. The van der Waals surface area contributed by atoms with Crippen LogP contribution in [0.1, 0.15) is 37.3 Å². The molecule has 0 aromatic carbocycles. The van der Waals surface area contributed by atoms with Crippen LogP contribution in [0, 0.1) is 5.92 Å². The molecule has 1 aromatic heterocycles. The minimum atomic E-state index is 0.689. The molecule has 1 aliphatic heterocycles. The van der Waals surface area contributed by atoms with E-state index in [-0.39, 0.29) is 0 Å². The SMILES string of the molecule is NCC1CN(C2CCC(c3ccccn3)CC2)C1. The molecule has 0 atom stereocenters. The highest BCUT2D eigenvalue weighted by molar-refractivity contribution is 5.10. The predicted octanol–water partition coefficient (Wildman–Crippen LogP) is 2.00. The van der Waals surface area contributed by atoms with Crippen molar-refractivity contribution in [3.05, 3.63) is 30.1 Å². The van der Waals surface area contributed by atoms with Crippen molar-refractivity contribution in [1.29, 1.82) is 0 Å². The molecule has 0 amide bonds. The van der Waals surface area contributed by atoms with Crippen LogP contribution in [0.4, 0.5) is 0 Å². The van der Waals surface area contributed by atoms with Crippen LogP contribution in [0.3, 0.4) is 0 Å². The van der Waals surface area contributed by atoms with Gasteiger partial charge in [0.2, 0.25) is 0 Å². The minimum Gasteiger partial charge on any atom is -0.330 e. The van der Waals surface area contributed by atoms with Gasteiger partial charge in [0, 0.05) is 36.9 Å². The summed E-state index contributed by atoms with van der Waals surface area (Å²) in [6.07, 6.45) is 7.18. The molecule has 0 unspecified atom stereocenters. The molecule has 1 saturated heterocycles. The normalized spacial score (nSPS) is 30.1. The Hall–Kier alpha value is -0.930. The van der Waals surface area contributed by atoms with Crippen LogP contribution in [0.15, 0.2) is 24.4 Å². The Balaban J connectivity index is 1.50. The van der Waals surface area contributed by atoms with Gasteiger partial charge < -0.3 is 5.73 Å². The standard InChI is InChI=1S/C15H23N3/c16-9-12-10-18(11-12)14-6-4-13(5-7-14)15-3-1-2-8-17-15/h1-3,8,12-14H,4-7,9-11,16H2. The van der Waals surface area contributed by atoms with Crippen molar-refractivity contribution in [3.8, 4) is 0 Å². The Labute approximate surface area is 109 Å². The fourth-order valence-corrected chi connectivity index (χ4v) is 3.41. The van der Waals surface area contributed by atoms with Gasteiger partial charge in [0.1, 0.15) is 0 Å². The smallest absolute Gasteiger partial charge is 0.0434 e. The van der Waals surface area contributed by atoms with Crippen LogP contribution in [0.2, 0.25) is 0 Å². The average Bonchev–Trinajstić information content (AvgIpc) is 2.39. The summed E-state index contributed by atoms with van der Waals surface area (Å²) in [5.74, 6) is 1.45. The van der Waals surface area contributed by atoms with Crippen LogP contribution in [-0.2, 0) is 0 Å². The highest BCUT2D eigenvalue weighted by Crippen LogP contribution is 2.35. The van der Waals surface area contributed by atoms with Crippen molar-refractivity contribution < 1.29 is 0 Å². The Morgan fingerprint density at radius 3 is 2.56 bits per heavy atom. The van der Waals surface area contributed by atoms with Crippen LogP contribution >= 0.6 is 0 Å². The summed E-state index contributed by atoms with van der Waals surface area (Å²) in [6, 6.07) is 7.10. The maximum absolute atomic E-state index is 5.69. The molecule has 1 aromatic rings. The van der Waals surface area contributed by atoms with Gasteiger partial charge in [-0.15, -0.1) is 0 Å². The van der Waals surface area contributed by atoms with E-state index in [0.29, 0.717) is 5.92 Å². The van der Waals surface area contributed by atoms with Crippen LogP contribution in [-0.4, -0.2) is 35.6 Å². The second kappa shape index (κ2) is 5.37. The van der Waals surface area contributed by atoms with E-state index in [2.05, 4.69) is 22.0 Å². The van der Waals surface area contributed by atoms with Gasteiger partial charge in [0.05, 0.1) is 0 Å². The lowest BCUT2D eigenvalue weighted by Gasteiger charge is -2.46. The molecule has 3 heteroatoms. The monoisotopic (exact) mass is 245 g/mol. The number of rotatable bonds is 3. The molecule has 2 fully saturated rings. The molecule has 98 valence electrons. The van der Waals surface area contributed by atoms with E-state index in [1.165, 1.54) is 44.5 Å². The van der Waals surface area contributed by atoms with Crippen molar-refractivity contribution in [2.45, 2.75) is 37.6 Å². The molecule has 0 bridgehead atoms. The zero-order chi connectivity index (χ0) is 12.4. The number of nitrogens with zero attached hydrogens (tertiary/aromatic N) is 2. The van der Waals surface area contributed by atoms with E-state index < -0.39 is 0 Å². The number of hydrogen-bond acceptors (Lipinski definition) is 3. The second-order valence-corrected chi connectivity index (χ2v) is 5.82. The molecule has 0 radical (unpaired) electrons. The van der Waals surface area contributed by atoms with E-state index in [9.17, 15) is 0 Å². The second-order valence-electron chi connectivity index (χ2n) is 5.82. The van der Waals surface area contributed by atoms with Crippen molar-refractivity contribution in [1.82, 2.24) is 9.88 Å². The molecule has 3 nitrogen and oxygen atoms in total. The molecule has 1 saturated carbocycles. The number of hydrogen-bond donors (Lipinski definition) is 1. The molecule has 0 spiro atoms. The fourth-order valence-electron chi connectivity index (χ4n) is 3.41. The van der Waals surface area contributed by atoms with Gasteiger partial charge in [-0.3, -0.25) is 9.88 Å². The lowest BCUT2D eigenvalue weighted by molar-refractivity contribution is 0.0365. The summed E-state index contributed by atoms with van der Waals surface area (Å²) in [4.78, 5) is 7.13. The van der Waals surface area contributed by atoms with E-state index in [4.69, 9.17) is 5.73 Å². The predicted molar refractivity (Wildman–Crippen MR) is 73.4 cm³/mol. The summed E-state index contributed by atoms with van der Waals surface area (Å²) in [5.41, 5.74) is 6.98. The Morgan fingerprint density at radius 2 is 1.94 bits per heavy atom. The summed E-state index contributed by atoms with van der Waals surface area (Å²) >= 11 is 0.